The van der Waals surface area contributed by atoms with Crippen LogP contribution in [0.2, 0.25) is 0 Å². The standard InChI is InChI=1S/C34H34N4O2/c1-23-18-19-25(3)31(22-23)38-32(35-30-17-11-9-15-28(30)33(38)39)26(4)37(21-20-27-13-6-5-7-14-27)34(40)36-29-16-10-8-12-24(29)2/h5-19,22,26H,20-21H2,1-4H3,(H,36,40). The molecule has 0 bridgehead atoms. The van der Waals surface area contributed by atoms with Gasteiger partial charge in [-0.15, -0.1) is 0 Å². The second-order valence-electron chi connectivity index (χ2n) is 10.3. The highest BCUT2D eigenvalue weighted by atomic mass is 16.2. The average molecular weight is 531 g/mol. The largest absolute Gasteiger partial charge is 0.322 e. The molecule has 1 aromatic heterocycles. The highest BCUT2D eigenvalue weighted by Gasteiger charge is 2.27. The summed E-state index contributed by atoms with van der Waals surface area (Å²) in [5.41, 5.74) is 6.08. The Morgan fingerprint density at radius 3 is 2.35 bits per heavy atom. The Morgan fingerprint density at radius 1 is 0.875 bits per heavy atom. The molecule has 1 heterocycles. The molecule has 4 aromatic carbocycles. The number of urea groups is 1. The number of amides is 2. The summed E-state index contributed by atoms with van der Waals surface area (Å²) in [4.78, 5) is 34.7. The van der Waals surface area contributed by atoms with Crippen LogP contribution in [0.15, 0.2) is 102 Å². The Morgan fingerprint density at radius 2 is 1.57 bits per heavy atom. The summed E-state index contributed by atoms with van der Waals surface area (Å²) < 4.78 is 1.69. The van der Waals surface area contributed by atoms with Gasteiger partial charge < -0.3 is 10.2 Å². The van der Waals surface area contributed by atoms with Gasteiger partial charge in [0.1, 0.15) is 5.82 Å². The van der Waals surface area contributed by atoms with E-state index in [1.807, 2.05) is 107 Å². The van der Waals surface area contributed by atoms with Gasteiger partial charge in [-0.2, -0.15) is 0 Å². The second kappa shape index (κ2) is 11.6. The quantitative estimate of drug-likeness (QED) is 0.243. The van der Waals surface area contributed by atoms with Gasteiger partial charge in [-0.1, -0.05) is 72.8 Å². The van der Waals surface area contributed by atoms with Gasteiger partial charge in [-0.3, -0.25) is 9.36 Å². The van der Waals surface area contributed by atoms with Crippen LogP contribution in [-0.4, -0.2) is 27.0 Å². The number of nitrogens with one attached hydrogen (secondary N) is 1. The van der Waals surface area contributed by atoms with E-state index < -0.39 is 6.04 Å². The average Bonchev–Trinajstić information content (AvgIpc) is 2.96. The van der Waals surface area contributed by atoms with E-state index >= 15 is 0 Å². The molecule has 0 saturated heterocycles. The van der Waals surface area contributed by atoms with Crippen LogP contribution in [0.3, 0.4) is 0 Å². The molecule has 0 spiro atoms. The predicted molar refractivity (Wildman–Crippen MR) is 162 cm³/mol. The number of aryl methyl sites for hydroxylation is 3. The van der Waals surface area contributed by atoms with Crippen molar-refractivity contribution in [2.24, 2.45) is 0 Å². The Bertz CT molecular complexity index is 1730. The molecule has 5 rings (SSSR count). The SMILES string of the molecule is Cc1ccc(C)c(-n2c(C(C)N(CCc3ccccc3)C(=O)Nc3ccccc3C)nc3ccccc3c2=O)c1. The van der Waals surface area contributed by atoms with Gasteiger partial charge in [0.25, 0.3) is 5.56 Å². The van der Waals surface area contributed by atoms with Crippen molar-refractivity contribution in [2.75, 3.05) is 11.9 Å². The molecule has 2 amide bonds. The molecule has 1 atom stereocenters. The molecule has 40 heavy (non-hydrogen) atoms. The van der Waals surface area contributed by atoms with Gasteiger partial charge in [0.15, 0.2) is 0 Å². The minimum absolute atomic E-state index is 0.150. The van der Waals surface area contributed by atoms with Crippen LogP contribution in [0, 0.1) is 20.8 Å². The zero-order valence-corrected chi connectivity index (χ0v) is 23.4. The fourth-order valence-corrected chi connectivity index (χ4v) is 5.03. The number of fused-ring (bicyclic) bond motifs is 1. The van der Waals surface area contributed by atoms with Crippen LogP contribution in [0.5, 0.6) is 0 Å². The molecular weight excluding hydrogens is 496 g/mol. The molecular formula is C34H34N4O2. The predicted octanol–water partition coefficient (Wildman–Crippen LogP) is 7.15. The number of benzene rings is 4. The lowest BCUT2D eigenvalue weighted by Crippen LogP contribution is -2.41. The normalized spacial score (nSPS) is 11.8. The van der Waals surface area contributed by atoms with Crippen LogP contribution in [0.4, 0.5) is 10.5 Å². The number of anilines is 1. The first-order valence-electron chi connectivity index (χ1n) is 13.6. The smallest absolute Gasteiger partial charge is 0.314 e. The van der Waals surface area contributed by atoms with Gasteiger partial charge >= 0.3 is 6.03 Å². The lowest BCUT2D eigenvalue weighted by molar-refractivity contribution is 0.190. The molecule has 0 saturated carbocycles. The summed E-state index contributed by atoms with van der Waals surface area (Å²) in [7, 11) is 0. The molecule has 6 heteroatoms. The number of hydrogen-bond acceptors (Lipinski definition) is 3. The molecule has 5 aromatic rings. The minimum atomic E-state index is -0.509. The monoisotopic (exact) mass is 530 g/mol. The number of aromatic nitrogens is 2. The Labute approximate surface area is 234 Å². The zero-order chi connectivity index (χ0) is 28.2. The molecule has 0 radical (unpaired) electrons. The number of hydrogen-bond donors (Lipinski definition) is 1. The van der Waals surface area contributed by atoms with Crippen molar-refractivity contribution in [2.45, 2.75) is 40.2 Å². The van der Waals surface area contributed by atoms with Crippen LogP contribution < -0.4 is 10.9 Å². The van der Waals surface area contributed by atoms with E-state index in [-0.39, 0.29) is 11.6 Å². The van der Waals surface area contributed by atoms with Gasteiger partial charge in [0.05, 0.1) is 22.6 Å². The van der Waals surface area contributed by atoms with Crippen molar-refractivity contribution in [3.8, 4) is 5.69 Å². The molecule has 1 unspecified atom stereocenters. The van der Waals surface area contributed by atoms with Crippen molar-refractivity contribution in [1.29, 1.82) is 0 Å². The maximum absolute atomic E-state index is 14.0. The van der Waals surface area contributed by atoms with Crippen molar-refractivity contribution in [1.82, 2.24) is 14.5 Å². The Kier molecular flexibility index (Phi) is 7.78. The maximum Gasteiger partial charge on any atom is 0.322 e. The Hall–Kier alpha value is -4.71. The van der Waals surface area contributed by atoms with E-state index in [0.29, 0.717) is 29.7 Å². The van der Waals surface area contributed by atoms with E-state index in [4.69, 9.17) is 4.98 Å². The van der Waals surface area contributed by atoms with Crippen LogP contribution in [-0.2, 0) is 6.42 Å². The third-order valence-electron chi connectivity index (χ3n) is 7.38. The van der Waals surface area contributed by atoms with E-state index in [2.05, 4.69) is 17.4 Å². The van der Waals surface area contributed by atoms with E-state index in [1.54, 1.807) is 15.5 Å². The first-order chi connectivity index (χ1) is 19.3. The van der Waals surface area contributed by atoms with E-state index in [1.165, 1.54) is 0 Å². The van der Waals surface area contributed by atoms with Crippen molar-refractivity contribution < 1.29 is 4.79 Å². The third-order valence-corrected chi connectivity index (χ3v) is 7.38. The highest BCUT2D eigenvalue weighted by molar-refractivity contribution is 5.90. The second-order valence-corrected chi connectivity index (χ2v) is 10.3. The summed E-state index contributed by atoms with van der Waals surface area (Å²) in [5.74, 6) is 0.519. The lowest BCUT2D eigenvalue weighted by atomic mass is 10.1. The number of para-hydroxylation sites is 2. The number of carbonyl (C=O) groups is 1. The summed E-state index contributed by atoms with van der Waals surface area (Å²) in [6, 6.07) is 30.5. The molecule has 0 aliphatic carbocycles. The molecule has 0 aliphatic rings. The van der Waals surface area contributed by atoms with Gasteiger partial charge in [-0.25, -0.2) is 9.78 Å². The fraction of sp³-hybridized carbons (Fsp3) is 0.206. The number of nitrogens with zero attached hydrogens (tertiary/aromatic N) is 3. The van der Waals surface area contributed by atoms with E-state index in [0.717, 1.165) is 33.6 Å². The third kappa shape index (κ3) is 5.52. The van der Waals surface area contributed by atoms with Gasteiger partial charge in [0.2, 0.25) is 0 Å². The molecule has 202 valence electrons. The van der Waals surface area contributed by atoms with Crippen LogP contribution >= 0.6 is 0 Å². The number of carbonyl (C=O) groups excluding carboxylic acids is 1. The molecule has 0 fully saturated rings. The van der Waals surface area contributed by atoms with E-state index in [9.17, 15) is 9.59 Å². The minimum Gasteiger partial charge on any atom is -0.314 e. The number of rotatable bonds is 7. The van der Waals surface area contributed by atoms with Gasteiger partial charge in [0, 0.05) is 12.2 Å². The summed E-state index contributed by atoms with van der Waals surface area (Å²) in [6.45, 7) is 8.35. The topological polar surface area (TPSA) is 67.2 Å². The molecule has 6 nitrogen and oxygen atoms in total. The first kappa shape index (κ1) is 26.9. The maximum atomic E-state index is 14.0. The van der Waals surface area contributed by atoms with Crippen LogP contribution in [0.1, 0.15) is 41.0 Å². The molecule has 1 N–H and O–H groups in total. The van der Waals surface area contributed by atoms with Crippen molar-refractivity contribution >= 4 is 22.6 Å². The van der Waals surface area contributed by atoms with Crippen molar-refractivity contribution in [3.05, 3.63) is 135 Å². The van der Waals surface area contributed by atoms with Crippen molar-refractivity contribution in [3.63, 3.8) is 0 Å². The van der Waals surface area contributed by atoms with Gasteiger partial charge in [-0.05, 0) is 80.6 Å². The Balaban J connectivity index is 1.64. The summed E-state index contributed by atoms with van der Waals surface area (Å²) in [5, 5.41) is 3.64. The zero-order valence-electron chi connectivity index (χ0n) is 23.4. The first-order valence-corrected chi connectivity index (χ1v) is 13.6. The highest BCUT2D eigenvalue weighted by Crippen LogP contribution is 2.26. The lowest BCUT2D eigenvalue weighted by Gasteiger charge is -2.31. The molecule has 0 aliphatic heterocycles. The summed E-state index contributed by atoms with van der Waals surface area (Å²) in [6.07, 6.45) is 0.660. The summed E-state index contributed by atoms with van der Waals surface area (Å²) >= 11 is 0. The van der Waals surface area contributed by atoms with Crippen LogP contribution in [0.25, 0.3) is 16.6 Å². The fourth-order valence-electron chi connectivity index (χ4n) is 5.03.